The fraction of sp³-hybridized carbons (Fsp3) is 0.200. The highest BCUT2D eigenvalue weighted by atomic mass is 16.3. The molecule has 0 amide bonds. The largest absolute Gasteiger partial charge is 0.504 e. The molecule has 10 nitrogen and oxygen atoms in total. The van der Waals surface area contributed by atoms with Gasteiger partial charge in [0.05, 0.1) is 0 Å². The van der Waals surface area contributed by atoms with Crippen LogP contribution in [0.2, 0.25) is 0 Å². The lowest BCUT2D eigenvalue weighted by Gasteiger charge is -2.27. The van der Waals surface area contributed by atoms with Crippen LogP contribution in [0.3, 0.4) is 0 Å². The molecule has 1 aliphatic heterocycles. The molecule has 1 unspecified atom stereocenters. The summed E-state index contributed by atoms with van der Waals surface area (Å²) in [4.78, 5) is 27.0. The van der Waals surface area contributed by atoms with E-state index in [0.717, 1.165) is 4.57 Å². The Morgan fingerprint density at radius 2 is 1.50 bits per heavy atom. The predicted octanol–water partition coefficient (Wildman–Crippen LogP) is 1.04. The average Bonchev–Trinajstić information content (AvgIpc) is 3.09. The monoisotopic (exact) mass is 412 g/mol. The molecule has 0 bridgehead atoms. The molecule has 156 valence electrons. The van der Waals surface area contributed by atoms with E-state index in [0.29, 0.717) is 16.9 Å². The second-order valence-electron chi connectivity index (χ2n) is 7.15. The summed E-state index contributed by atoms with van der Waals surface area (Å²) in [6.07, 6.45) is -0.650. The van der Waals surface area contributed by atoms with Crippen LogP contribution < -0.4 is 21.5 Å². The van der Waals surface area contributed by atoms with Crippen LogP contribution in [0.4, 0.5) is 11.5 Å². The highest BCUT2D eigenvalue weighted by molar-refractivity contribution is 5.73. The van der Waals surface area contributed by atoms with Crippen molar-refractivity contribution in [3.63, 3.8) is 0 Å². The van der Waals surface area contributed by atoms with E-state index in [9.17, 15) is 30.0 Å². The van der Waals surface area contributed by atoms with Gasteiger partial charge in [0.2, 0.25) is 0 Å². The number of phenols is 4. The first kappa shape index (κ1) is 19.2. The molecule has 0 radical (unpaired) electrons. The molecular weight excluding hydrogens is 392 g/mol. The average molecular weight is 412 g/mol. The van der Waals surface area contributed by atoms with E-state index < -0.39 is 17.4 Å². The molecule has 0 saturated heterocycles. The van der Waals surface area contributed by atoms with E-state index in [4.69, 9.17) is 0 Å². The van der Waals surface area contributed by atoms with Crippen molar-refractivity contribution in [1.82, 2.24) is 9.13 Å². The summed E-state index contributed by atoms with van der Waals surface area (Å²) in [6.45, 7) is 0.146. The molecule has 2 aromatic carbocycles. The number of benzene rings is 2. The molecule has 0 spiro atoms. The van der Waals surface area contributed by atoms with Gasteiger partial charge in [-0.15, -0.1) is 0 Å². The van der Waals surface area contributed by atoms with E-state index >= 15 is 0 Å². The lowest BCUT2D eigenvalue weighted by atomic mass is 10.1. The SMILES string of the molecule is Cn1c2c(c(=O)n(C)c1=O)N(Cc1ccc(O)c(O)c1)C(c1ccc(O)c(O)c1)N2. The minimum absolute atomic E-state index is 0.146. The normalized spacial score (nSPS) is 15.1. The molecule has 2 heterocycles. The smallest absolute Gasteiger partial charge is 0.332 e. The van der Waals surface area contributed by atoms with Gasteiger partial charge in [-0.05, 0) is 35.4 Å². The number of hydrogen-bond donors (Lipinski definition) is 5. The van der Waals surface area contributed by atoms with Gasteiger partial charge in [-0.3, -0.25) is 13.9 Å². The van der Waals surface area contributed by atoms with Crippen molar-refractivity contribution in [3.8, 4) is 23.0 Å². The van der Waals surface area contributed by atoms with Gasteiger partial charge in [0.1, 0.15) is 17.7 Å². The Balaban J connectivity index is 1.89. The van der Waals surface area contributed by atoms with Crippen LogP contribution in [-0.4, -0.2) is 29.6 Å². The summed E-state index contributed by atoms with van der Waals surface area (Å²) >= 11 is 0. The van der Waals surface area contributed by atoms with Gasteiger partial charge in [-0.1, -0.05) is 12.1 Å². The zero-order valence-electron chi connectivity index (χ0n) is 16.2. The van der Waals surface area contributed by atoms with Crippen molar-refractivity contribution in [1.29, 1.82) is 0 Å². The summed E-state index contributed by atoms with van der Waals surface area (Å²) in [7, 11) is 2.92. The number of phenolic OH excluding ortho intramolecular Hbond substituents is 4. The van der Waals surface area contributed by atoms with Crippen molar-refractivity contribution >= 4 is 11.5 Å². The molecule has 0 fully saturated rings. The fourth-order valence-corrected chi connectivity index (χ4v) is 3.60. The summed E-state index contributed by atoms with van der Waals surface area (Å²) in [5.74, 6) is -0.866. The van der Waals surface area contributed by atoms with E-state index in [1.54, 1.807) is 17.0 Å². The Labute approximate surface area is 170 Å². The van der Waals surface area contributed by atoms with Crippen molar-refractivity contribution in [2.24, 2.45) is 14.1 Å². The Kier molecular flexibility index (Phi) is 4.34. The van der Waals surface area contributed by atoms with Crippen molar-refractivity contribution in [3.05, 3.63) is 68.4 Å². The third kappa shape index (κ3) is 2.89. The first-order chi connectivity index (χ1) is 14.2. The number of nitrogens with one attached hydrogen (secondary N) is 1. The number of aromatic nitrogens is 2. The molecule has 0 saturated carbocycles. The Morgan fingerprint density at radius 3 is 2.13 bits per heavy atom. The maximum atomic E-state index is 12.9. The lowest BCUT2D eigenvalue weighted by Crippen LogP contribution is -2.39. The zero-order chi connectivity index (χ0) is 21.7. The quantitative estimate of drug-likeness (QED) is 0.402. The Morgan fingerprint density at radius 1 is 0.867 bits per heavy atom. The molecule has 10 heteroatoms. The van der Waals surface area contributed by atoms with Gasteiger partial charge in [0.15, 0.2) is 23.0 Å². The zero-order valence-corrected chi connectivity index (χ0v) is 16.2. The summed E-state index contributed by atoms with van der Waals surface area (Å²) in [5.41, 5.74) is 0.379. The molecule has 4 rings (SSSR count). The van der Waals surface area contributed by atoms with Crippen LogP contribution in [0.15, 0.2) is 46.0 Å². The highest BCUT2D eigenvalue weighted by Gasteiger charge is 2.35. The molecule has 5 N–H and O–H groups in total. The molecule has 1 aliphatic rings. The van der Waals surface area contributed by atoms with Gasteiger partial charge < -0.3 is 30.6 Å². The number of anilines is 2. The molecule has 30 heavy (non-hydrogen) atoms. The maximum Gasteiger partial charge on any atom is 0.332 e. The van der Waals surface area contributed by atoms with Gasteiger partial charge in [-0.25, -0.2) is 4.79 Å². The first-order valence-electron chi connectivity index (χ1n) is 9.05. The van der Waals surface area contributed by atoms with Crippen molar-refractivity contribution in [2.45, 2.75) is 12.7 Å². The summed E-state index contributed by atoms with van der Waals surface area (Å²) in [5, 5.41) is 42.1. The van der Waals surface area contributed by atoms with E-state index in [2.05, 4.69) is 5.32 Å². The number of fused-ring (bicyclic) bond motifs is 1. The Hall–Kier alpha value is -4.08. The van der Waals surface area contributed by atoms with Crippen molar-refractivity contribution < 1.29 is 20.4 Å². The van der Waals surface area contributed by atoms with Gasteiger partial charge in [0, 0.05) is 20.6 Å². The Bertz CT molecular complexity index is 1280. The first-order valence-corrected chi connectivity index (χ1v) is 9.05. The summed E-state index contributed by atoms with van der Waals surface area (Å²) < 4.78 is 2.32. The van der Waals surface area contributed by atoms with E-state index in [-0.39, 0.29) is 35.2 Å². The third-order valence-corrected chi connectivity index (χ3v) is 5.22. The molecule has 1 atom stereocenters. The summed E-state index contributed by atoms with van der Waals surface area (Å²) in [6, 6.07) is 8.60. The van der Waals surface area contributed by atoms with Gasteiger partial charge in [-0.2, -0.15) is 0 Å². The maximum absolute atomic E-state index is 12.9. The molecule has 0 aliphatic carbocycles. The number of rotatable bonds is 3. The second kappa shape index (κ2) is 6.76. The fourth-order valence-electron chi connectivity index (χ4n) is 3.60. The minimum Gasteiger partial charge on any atom is -0.504 e. The second-order valence-corrected chi connectivity index (χ2v) is 7.15. The highest BCUT2D eigenvalue weighted by Crippen LogP contribution is 2.41. The number of aromatic hydroxyl groups is 4. The predicted molar refractivity (Wildman–Crippen MR) is 109 cm³/mol. The molecular formula is C20H20N4O6. The van der Waals surface area contributed by atoms with Crippen LogP contribution in [0, 0.1) is 0 Å². The third-order valence-electron chi connectivity index (χ3n) is 5.22. The van der Waals surface area contributed by atoms with Gasteiger partial charge in [0.25, 0.3) is 5.56 Å². The van der Waals surface area contributed by atoms with Gasteiger partial charge >= 0.3 is 5.69 Å². The minimum atomic E-state index is -0.650. The number of hydrogen-bond acceptors (Lipinski definition) is 8. The van der Waals surface area contributed by atoms with Crippen LogP contribution in [0.1, 0.15) is 17.3 Å². The van der Waals surface area contributed by atoms with Crippen LogP contribution in [0.5, 0.6) is 23.0 Å². The van der Waals surface area contributed by atoms with Crippen LogP contribution in [0.25, 0.3) is 0 Å². The number of nitrogens with zero attached hydrogens (tertiary/aromatic N) is 3. The molecule has 1 aromatic heterocycles. The van der Waals surface area contributed by atoms with Crippen molar-refractivity contribution in [2.75, 3.05) is 10.2 Å². The topological polar surface area (TPSA) is 140 Å². The molecule has 3 aromatic rings. The standard InChI is InChI=1S/C20H20N4O6/c1-22-18-16(19(29)23(2)20(22)30)24(9-10-3-5-12(25)14(27)7-10)17(21-18)11-4-6-13(26)15(28)8-11/h3-8,17,21,25-28H,9H2,1-2H3. The van der Waals surface area contributed by atoms with E-state index in [1.807, 2.05) is 0 Å². The van der Waals surface area contributed by atoms with Crippen LogP contribution >= 0.6 is 0 Å². The van der Waals surface area contributed by atoms with E-state index in [1.165, 1.54) is 42.9 Å². The lowest BCUT2D eigenvalue weighted by molar-refractivity contribution is 0.402. The van der Waals surface area contributed by atoms with Crippen LogP contribution in [-0.2, 0) is 20.6 Å².